The highest BCUT2D eigenvalue weighted by molar-refractivity contribution is 9.11. The summed E-state index contributed by atoms with van der Waals surface area (Å²) in [5.41, 5.74) is 1.96. The van der Waals surface area contributed by atoms with Crippen LogP contribution in [0.15, 0.2) is 14.4 Å². The van der Waals surface area contributed by atoms with Gasteiger partial charge in [0.25, 0.3) is 5.91 Å². The van der Waals surface area contributed by atoms with Crippen LogP contribution in [0.3, 0.4) is 0 Å². The van der Waals surface area contributed by atoms with Crippen molar-refractivity contribution in [3.63, 3.8) is 0 Å². The number of carbonyl (C=O) groups is 1. The predicted molar refractivity (Wildman–Crippen MR) is 77.9 cm³/mol. The molecule has 1 aliphatic carbocycles. The fraction of sp³-hybridized carbons (Fsp3) is 0.385. The number of nitrogens with zero attached hydrogens (tertiary/aromatic N) is 1. The van der Waals surface area contributed by atoms with Gasteiger partial charge in [-0.05, 0) is 54.1 Å². The number of hydrogen-bond acceptors (Lipinski definition) is 4. The predicted octanol–water partition coefficient (Wildman–Crippen LogP) is 3.94. The first kappa shape index (κ1) is 12.9. The first-order valence-corrected chi connectivity index (χ1v) is 7.81. The number of thiophene rings is 1. The third kappa shape index (κ3) is 2.47. The summed E-state index contributed by atoms with van der Waals surface area (Å²) in [7, 11) is 0. The fourth-order valence-electron chi connectivity index (χ4n) is 2.36. The summed E-state index contributed by atoms with van der Waals surface area (Å²) in [5, 5.41) is 6.58. The Morgan fingerprint density at radius 3 is 3.00 bits per heavy atom. The molecular weight excluding hydrogens is 328 g/mol. The number of aromatic nitrogens is 1. The van der Waals surface area contributed by atoms with Crippen molar-refractivity contribution in [2.24, 2.45) is 0 Å². The summed E-state index contributed by atoms with van der Waals surface area (Å²) >= 11 is 5.18. The van der Waals surface area contributed by atoms with Gasteiger partial charge < -0.3 is 9.84 Å². The van der Waals surface area contributed by atoms with Crippen molar-refractivity contribution in [3.05, 3.63) is 31.6 Å². The number of anilines is 1. The Balaban J connectivity index is 1.89. The van der Waals surface area contributed by atoms with Crippen LogP contribution in [0, 0.1) is 6.92 Å². The molecule has 0 bridgehead atoms. The molecule has 0 spiro atoms. The number of rotatable bonds is 2. The average Bonchev–Trinajstić information content (AvgIpc) is 2.91. The number of halogens is 1. The second kappa shape index (κ2) is 5.09. The van der Waals surface area contributed by atoms with Crippen molar-refractivity contribution in [1.82, 2.24) is 5.16 Å². The standard InChI is InChI=1S/C13H13BrN2O2S/c1-7-6-10(16-18-7)15-13(17)11-8-4-2-3-5-9(8)19-12(11)14/h6H,2-5H2,1H3,(H,15,16,17). The summed E-state index contributed by atoms with van der Waals surface area (Å²) in [6.07, 6.45) is 4.43. The van der Waals surface area contributed by atoms with Crippen LogP contribution in [-0.2, 0) is 12.8 Å². The molecule has 2 aromatic rings. The second-order valence-corrected chi connectivity index (χ2v) is 7.06. The monoisotopic (exact) mass is 340 g/mol. The van der Waals surface area contributed by atoms with Crippen molar-refractivity contribution >= 4 is 39.0 Å². The number of fused-ring (bicyclic) bond motifs is 1. The third-order valence-corrected chi connectivity index (χ3v) is 5.19. The minimum atomic E-state index is -0.112. The number of hydrogen-bond donors (Lipinski definition) is 1. The topological polar surface area (TPSA) is 55.1 Å². The molecule has 0 saturated heterocycles. The van der Waals surface area contributed by atoms with Crippen LogP contribution in [0.4, 0.5) is 5.82 Å². The van der Waals surface area contributed by atoms with E-state index in [0.29, 0.717) is 11.6 Å². The van der Waals surface area contributed by atoms with E-state index in [1.807, 2.05) is 0 Å². The smallest absolute Gasteiger partial charge is 0.259 e. The van der Waals surface area contributed by atoms with Gasteiger partial charge in [-0.3, -0.25) is 4.79 Å². The van der Waals surface area contributed by atoms with E-state index in [1.165, 1.54) is 16.9 Å². The van der Waals surface area contributed by atoms with Gasteiger partial charge in [-0.25, -0.2) is 0 Å². The molecule has 3 rings (SSSR count). The fourth-order valence-corrected chi connectivity index (χ4v) is 4.48. The van der Waals surface area contributed by atoms with Crippen LogP contribution in [0.2, 0.25) is 0 Å². The molecule has 4 nitrogen and oxygen atoms in total. The molecule has 0 radical (unpaired) electrons. The Morgan fingerprint density at radius 2 is 2.26 bits per heavy atom. The molecule has 2 aromatic heterocycles. The number of aryl methyl sites for hydroxylation is 2. The Kier molecular flexibility index (Phi) is 3.45. The highest BCUT2D eigenvalue weighted by Crippen LogP contribution is 2.38. The zero-order chi connectivity index (χ0) is 13.4. The first-order chi connectivity index (χ1) is 9.15. The van der Waals surface area contributed by atoms with Gasteiger partial charge in [0.05, 0.1) is 9.35 Å². The lowest BCUT2D eigenvalue weighted by Crippen LogP contribution is -2.15. The normalized spacial score (nSPS) is 14.2. The number of amides is 1. The van der Waals surface area contributed by atoms with Crippen LogP contribution < -0.4 is 5.32 Å². The van der Waals surface area contributed by atoms with E-state index in [1.54, 1.807) is 24.3 Å². The number of nitrogens with one attached hydrogen (secondary N) is 1. The van der Waals surface area contributed by atoms with Gasteiger partial charge in [0.2, 0.25) is 0 Å². The third-order valence-electron chi connectivity index (χ3n) is 3.22. The maximum atomic E-state index is 12.4. The van der Waals surface area contributed by atoms with Crippen molar-refractivity contribution in [2.75, 3.05) is 5.32 Å². The molecule has 0 fully saturated rings. The van der Waals surface area contributed by atoms with E-state index in [4.69, 9.17) is 4.52 Å². The Labute approximate surface area is 123 Å². The van der Waals surface area contributed by atoms with E-state index in [-0.39, 0.29) is 5.91 Å². The molecule has 0 aliphatic heterocycles. The lowest BCUT2D eigenvalue weighted by Gasteiger charge is -2.12. The average molecular weight is 341 g/mol. The van der Waals surface area contributed by atoms with E-state index in [9.17, 15) is 4.79 Å². The van der Waals surface area contributed by atoms with Crippen LogP contribution in [-0.4, -0.2) is 11.1 Å². The minimum absolute atomic E-state index is 0.112. The van der Waals surface area contributed by atoms with Gasteiger partial charge >= 0.3 is 0 Å². The molecule has 1 aliphatic rings. The molecule has 0 aromatic carbocycles. The first-order valence-electron chi connectivity index (χ1n) is 6.20. The Morgan fingerprint density at radius 1 is 1.47 bits per heavy atom. The lowest BCUT2D eigenvalue weighted by atomic mass is 9.95. The van der Waals surface area contributed by atoms with E-state index in [0.717, 1.165) is 28.6 Å². The molecule has 0 unspecified atom stereocenters. The Hall–Kier alpha value is -1.14. The van der Waals surface area contributed by atoms with Crippen molar-refractivity contribution in [2.45, 2.75) is 32.6 Å². The zero-order valence-electron chi connectivity index (χ0n) is 10.5. The molecule has 2 heterocycles. The summed E-state index contributed by atoms with van der Waals surface area (Å²) in [6.45, 7) is 1.80. The molecular formula is C13H13BrN2O2S. The lowest BCUT2D eigenvalue weighted by molar-refractivity contribution is 0.102. The van der Waals surface area contributed by atoms with Crippen molar-refractivity contribution in [3.8, 4) is 0 Å². The summed E-state index contributed by atoms with van der Waals surface area (Å²) in [6, 6.07) is 1.71. The van der Waals surface area contributed by atoms with E-state index >= 15 is 0 Å². The van der Waals surface area contributed by atoms with Gasteiger partial charge in [0, 0.05) is 10.9 Å². The molecule has 0 atom stereocenters. The summed E-state index contributed by atoms with van der Waals surface area (Å²) in [4.78, 5) is 13.7. The quantitative estimate of drug-likeness (QED) is 0.900. The van der Waals surface area contributed by atoms with E-state index < -0.39 is 0 Å². The molecule has 0 saturated carbocycles. The molecule has 1 amide bonds. The molecule has 19 heavy (non-hydrogen) atoms. The minimum Gasteiger partial charge on any atom is -0.360 e. The molecule has 6 heteroatoms. The van der Waals surface area contributed by atoms with E-state index in [2.05, 4.69) is 26.4 Å². The van der Waals surface area contributed by atoms with Gasteiger partial charge in [0.1, 0.15) is 5.76 Å². The van der Waals surface area contributed by atoms with Crippen LogP contribution >= 0.6 is 27.3 Å². The van der Waals surface area contributed by atoms with Gasteiger partial charge in [0.15, 0.2) is 5.82 Å². The summed E-state index contributed by atoms with van der Waals surface area (Å²) in [5.74, 6) is 1.03. The Bertz CT molecular complexity index is 633. The molecule has 1 N–H and O–H groups in total. The van der Waals surface area contributed by atoms with Crippen molar-refractivity contribution < 1.29 is 9.32 Å². The number of carbonyl (C=O) groups excluding carboxylic acids is 1. The van der Waals surface area contributed by atoms with Crippen LogP contribution in [0.25, 0.3) is 0 Å². The zero-order valence-corrected chi connectivity index (χ0v) is 12.9. The van der Waals surface area contributed by atoms with Crippen LogP contribution in [0.1, 0.15) is 39.4 Å². The van der Waals surface area contributed by atoms with Gasteiger partial charge in [-0.2, -0.15) is 0 Å². The SMILES string of the molecule is Cc1cc(NC(=O)c2c(Br)sc3c2CCCC3)no1. The molecule has 100 valence electrons. The van der Waals surface area contributed by atoms with Gasteiger partial charge in [-0.15, -0.1) is 11.3 Å². The van der Waals surface area contributed by atoms with Crippen LogP contribution in [0.5, 0.6) is 0 Å². The largest absolute Gasteiger partial charge is 0.360 e. The van der Waals surface area contributed by atoms with Gasteiger partial charge in [-0.1, -0.05) is 5.16 Å². The highest BCUT2D eigenvalue weighted by atomic mass is 79.9. The maximum Gasteiger partial charge on any atom is 0.259 e. The second-order valence-electron chi connectivity index (χ2n) is 4.64. The maximum absolute atomic E-state index is 12.4. The summed E-state index contributed by atoms with van der Waals surface area (Å²) < 4.78 is 5.87. The highest BCUT2D eigenvalue weighted by Gasteiger charge is 2.24. The van der Waals surface area contributed by atoms with Crippen molar-refractivity contribution in [1.29, 1.82) is 0 Å².